The van der Waals surface area contributed by atoms with Crippen LogP contribution >= 0.6 is 0 Å². The number of hydrogen-bond acceptors (Lipinski definition) is 7. The molecule has 0 bridgehead atoms. The maximum Gasteiger partial charge on any atom is 0.332 e. The minimum Gasteiger partial charge on any atom is -0.544 e. The average Bonchev–Trinajstić information content (AvgIpc) is 3.23. The van der Waals surface area contributed by atoms with Crippen molar-refractivity contribution >= 4 is 36.1 Å². The predicted molar refractivity (Wildman–Crippen MR) is 172 cm³/mol. The Hall–Kier alpha value is -2.46. The van der Waals surface area contributed by atoms with E-state index in [4.69, 9.17) is 13.3 Å². The molecule has 226 valence electrons. The molecule has 0 saturated carbocycles. The summed E-state index contributed by atoms with van der Waals surface area (Å²) < 4.78 is 24.3. The van der Waals surface area contributed by atoms with Crippen molar-refractivity contribution in [2.75, 3.05) is 13.1 Å². The zero-order valence-corrected chi connectivity index (χ0v) is 29.6. The number of aryl methyl sites for hydroxylation is 2. The van der Waals surface area contributed by atoms with Gasteiger partial charge in [0.25, 0.3) is 5.56 Å². The molecule has 1 atom stereocenters. The van der Waals surface area contributed by atoms with Gasteiger partial charge in [0.2, 0.25) is 16.6 Å². The Labute approximate surface area is 246 Å². The number of hydrogen-bond donors (Lipinski definition) is 0. The van der Waals surface area contributed by atoms with Crippen molar-refractivity contribution < 1.29 is 13.3 Å². The van der Waals surface area contributed by atoms with Crippen LogP contribution in [-0.4, -0.2) is 61.6 Å². The standard InChI is InChI=1S/C28H47N5O5Si3/c1-30-26-25(27(34)31(2)28(30)35)33(19-29-26)14-12-13-32-17-22-21(24(18-32)38-41(9,10)11)15-20(36-39(3,4)5)16-23(22)37-40(6,7)8/h15-16,19,24H,12-14,17-18H2,1-11H3. The van der Waals surface area contributed by atoms with E-state index in [-0.39, 0.29) is 17.4 Å². The van der Waals surface area contributed by atoms with Gasteiger partial charge >= 0.3 is 5.69 Å². The van der Waals surface area contributed by atoms with E-state index in [2.05, 4.69) is 80.9 Å². The van der Waals surface area contributed by atoms with Crippen LogP contribution in [0.5, 0.6) is 11.5 Å². The zero-order valence-electron chi connectivity index (χ0n) is 26.6. The fourth-order valence-electron chi connectivity index (χ4n) is 5.28. The third kappa shape index (κ3) is 7.50. The molecular weight excluding hydrogens is 571 g/mol. The monoisotopic (exact) mass is 617 g/mol. The summed E-state index contributed by atoms with van der Waals surface area (Å²) in [6.45, 7) is 22.9. The number of benzene rings is 1. The first kappa shape index (κ1) is 31.5. The van der Waals surface area contributed by atoms with Crippen LogP contribution < -0.4 is 20.1 Å². The molecule has 1 unspecified atom stereocenters. The quantitative estimate of drug-likeness (QED) is 0.306. The van der Waals surface area contributed by atoms with Crippen molar-refractivity contribution in [3.63, 3.8) is 0 Å². The minimum atomic E-state index is -1.90. The van der Waals surface area contributed by atoms with Gasteiger partial charge in [-0.2, -0.15) is 0 Å². The fourth-order valence-corrected chi connectivity index (χ4v) is 8.00. The highest BCUT2D eigenvalue weighted by Gasteiger charge is 2.34. The molecule has 2 aromatic heterocycles. The Kier molecular flexibility index (Phi) is 8.69. The van der Waals surface area contributed by atoms with Gasteiger partial charge in [0.15, 0.2) is 19.5 Å². The van der Waals surface area contributed by atoms with E-state index >= 15 is 0 Å². The lowest BCUT2D eigenvalue weighted by molar-refractivity contribution is 0.103. The summed E-state index contributed by atoms with van der Waals surface area (Å²) in [7, 11) is -2.44. The Morgan fingerprint density at radius 2 is 1.54 bits per heavy atom. The van der Waals surface area contributed by atoms with Gasteiger partial charge in [0, 0.05) is 51.9 Å². The largest absolute Gasteiger partial charge is 0.544 e. The summed E-state index contributed by atoms with van der Waals surface area (Å²) in [5, 5.41) is 0. The number of nitrogens with zero attached hydrogens (tertiary/aromatic N) is 5. The summed E-state index contributed by atoms with van der Waals surface area (Å²) in [6, 6.07) is 4.27. The van der Waals surface area contributed by atoms with Gasteiger partial charge in [0.05, 0.1) is 12.4 Å². The van der Waals surface area contributed by atoms with E-state index in [1.807, 2.05) is 4.57 Å². The maximum absolute atomic E-state index is 12.9. The van der Waals surface area contributed by atoms with E-state index in [0.717, 1.165) is 42.1 Å². The topological polar surface area (TPSA) is 92.8 Å². The van der Waals surface area contributed by atoms with Gasteiger partial charge in [-0.25, -0.2) is 9.78 Å². The van der Waals surface area contributed by atoms with Gasteiger partial charge < -0.3 is 17.8 Å². The van der Waals surface area contributed by atoms with Gasteiger partial charge in [-0.05, 0) is 77.0 Å². The second-order valence-electron chi connectivity index (χ2n) is 14.0. The third-order valence-electron chi connectivity index (χ3n) is 6.80. The van der Waals surface area contributed by atoms with E-state index in [9.17, 15) is 9.59 Å². The molecule has 3 aromatic rings. The first-order valence-corrected chi connectivity index (χ1v) is 24.6. The summed E-state index contributed by atoms with van der Waals surface area (Å²) in [5.41, 5.74) is 2.54. The van der Waals surface area contributed by atoms with Crippen LogP contribution in [0.15, 0.2) is 28.0 Å². The molecule has 0 fully saturated rings. The van der Waals surface area contributed by atoms with Crippen molar-refractivity contribution in [3.05, 3.63) is 50.4 Å². The first-order valence-electron chi connectivity index (χ1n) is 14.4. The first-order chi connectivity index (χ1) is 18.8. The highest BCUT2D eigenvalue weighted by molar-refractivity contribution is 6.71. The number of fused-ring (bicyclic) bond motifs is 2. The molecule has 3 heterocycles. The van der Waals surface area contributed by atoms with Crippen LogP contribution in [0.4, 0.5) is 0 Å². The van der Waals surface area contributed by atoms with Gasteiger partial charge in [-0.1, -0.05) is 0 Å². The lowest BCUT2D eigenvalue weighted by atomic mass is 9.96. The summed E-state index contributed by atoms with van der Waals surface area (Å²) in [6.07, 6.45) is 2.40. The van der Waals surface area contributed by atoms with E-state index in [1.165, 1.54) is 22.7 Å². The summed E-state index contributed by atoms with van der Waals surface area (Å²) >= 11 is 0. The number of aromatic nitrogens is 4. The molecule has 10 nitrogen and oxygen atoms in total. The Bertz CT molecular complexity index is 1540. The molecule has 1 aliphatic heterocycles. The van der Waals surface area contributed by atoms with E-state index < -0.39 is 25.0 Å². The van der Waals surface area contributed by atoms with Crippen LogP contribution in [-0.2, 0) is 31.6 Å². The van der Waals surface area contributed by atoms with E-state index in [0.29, 0.717) is 17.7 Å². The van der Waals surface area contributed by atoms with Crippen molar-refractivity contribution in [1.82, 2.24) is 23.6 Å². The number of rotatable bonds is 10. The van der Waals surface area contributed by atoms with Gasteiger partial charge in [-0.3, -0.25) is 18.8 Å². The van der Waals surface area contributed by atoms with Gasteiger partial charge in [0.1, 0.15) is 11.5 Å². The molecular formula is C28H47N5O5Si3. The summed E-state index contributed by atoms with van der Waals surface area (Å²) in [4.78, 5) is 32.0. The van der Waals surface area contributed by atoms with Crippen LogP contribution in [0, 0.1) is 0 Å². The maximum atomic E-state index is 12.9. The molecule has 0 saturated heterocycles. The molecule has 13 heteroatoms. The molecule has 0 N–H and O–H groups in total. The Morgan fingerprint density at radius 3 is 2.15 bits per heavy atom. The van der Waals surface area contributed by atoms with Crippen LogP contribution in [0.25, 0.3) is 11.2 Å². The molecule has 0 amide bonds. The highest BCUT2D eigenvalue weighted by Crippen LogP contribution is 2.41. The smallest absolute Gasteiger partial charge is 0.332 e. The van der Waals surface area contributed by atoms with Crippen LogP contribution in [0.3, 0.4) is 0 Å². The summed E-state index contributed by atoms with van der Waals surface area (Å²) in [5.74, 6) is 1.78. The third-order valence-corrected chi connectivity index (χ3v) is 9.47. The van der Waals surface area contributed by atoms with Crippen molar-refractivity contribution in [2.24, 2.45) is 14.1 Å². The van der Waals surface area contributed by atoms with Crippen molar-refractivity contribution in [1.29, 1.82) is 0 Å². The normalized spacial score (nSPS) is 16.7. The SMILES string of the molecule is Cn1c(=O)c2c(ncn2CCCN2Cc3c(O[Si](C)(C)C)cc(O[Si](C)(C)C)cc3C(O[Si](C)(C)C)C2)n(C)c1=O. The van der Waals surface area contributed by atoms with Crippen LogP contribution in [0.1, 0.15) is 23.7 Å². The lowest BCUT2D eigenvalue weighted by Gasteiger charge is -2.39. The fraction of sp³-hybridized carbons (Fsp3) is 0.607. The molecule has 1 aliphatic rings. The van der Waals surface area contributed by atoms with Crippen molar-refractivity contribution in [3.8, 4) is 11.5 Å². The Balaban J connectivity index is 1.64. The van der Waals surface area contributed by atoms with Crippen molar-refractivity contribution in [2.45, 2.75) is 84.5 Å². The van der Waals surface area contributed by atoms with Crippen LogP contribution in [0.2, 0.25) is 58.9 Å². The minimum absolute atomic E-state index is 0.0736. The van der Waals surface area contributed by atoms with E-state index in [1.54, 1.807) is 13.4 Å². The predicted octanol–water partition coefficient (Wildman–Crippen LogP) is 4.66. The number of imidazole rings is 1. The second kappa shape index (κ2) is 11.3. The molecule has 0 spiro atoms. The Morgan fingerprint density at radius 1 is 0.878 bits per heavy atom. The second-order valence-corrected chi connectivity index (χ2v) is 27.4. The average molecular weight is 618 g/mol. The molecule has 0 radical (unpaired) electrons. The van der Waals surface area contributed by atoms with Gasteiger partial charge in [-0.15, -0.1) is 0 Å². The molecule has 0 aliphatic carbocycles. The molecule has 41 heavy (non-hydrogen) atoms. The lowest BCUT2D eigenvalue weighted by Crippen LogP contribution is -2.41. The zero-order chi connectivity index (χ0) is 30.5. The molecule has 1 aromatic carbocycles. The highest BCUT2D eigenvalue weighted by atomic mass is 28.4. The molecule has 4 rings (SSSR count).